The Hall–Kier alpha value is -1.96. The zero-order valence-corrected chi connectivity index (χ0v) is 17.1. The van der Waals surface area contributed by atoms with Crippen molar-refractivity contribution in [3.63, 3.8) is 0 Å². The third kappa shape index (κ3) is 4.21. The number of carbonyl (C=O) groups is 1. The van der Waals surface area contributed by atoms with E-state index < -0.39 is 5.60 Å². The van der Waals surface area contributed by atoms with Crippen molar-refractivity contribution in [1.29, 1.82) is 0 Å². The topological polar surface area (TPSA) is 72.3 Å². The Kier molecular flexibility index (Phi) is 6.69. The van der Waals surface area contributed by atoms with Gasteiger partial charge < -0.3 is 15.0 Å². The van der Waals surface area contributed by atoms with E-state index >= 15 is 0 Å². The van der Waals surface area contributed by atoms with E-state index in [-0.39, 0.29) is 18.3 Å². The fourth-order valence-corrected chi connectivity index (χ4v) is 4.03. The summed E-state index contributed by atoms with van der Waals surface area (Å²) < 4.78 is 7.68. The molecule has 0 unspecified atom stereocenters. The maximum atomic E-state index is 13.2. The minimum Gasteiger partial charge on any atom is -0.368 e. The van der Waals surface area contributed by atoms with Gasteiger partial charge >= 0.3 is 0 Å². The van der Waals surface area contributed by atoms with Gasteiger partial charge in [0.2, 0.25) is 0 Å². The number of ether oxygens (including phenoxy) is 1. The lowest BCUT2D eigenvalue weighted by Crippen LogP contribution is -2.55. The molecule has 1 saturated heterocycles. The highest BCUT2D eigenvalue weighted by atomic mass is 35.5. The molecule has 4 rings (SSSR count). The lowest BCUT2D eigenvalue weighted by atomic mass is 9.90. The van der Waals surface area contributed by atoms with Gasteiger partial charge in [-0.25, -0.2) is 9.67 Å². The normalized spacial score (nSPS) is 18.7. The minimum absolute atomic E-state index is 0. The standard InChI is InChI=1S/C20H27N5O2.ClH/c1-27-20(8-10-21-11-9-20)19(26)24-12-7-18-22-17(23-25(18)14-13-24)15-16-5-3-2-4-6-16;/h2-6,21H,7-15H2,1H3;1H. The van der Waals surface area contributed by atoms with Crippen molar-refractivity contribution in [1.82, 2.24) is 25.0 Å². The number of amides is 1. The van der Waals surface area contributed by atoms with Crippen LogP contribution in [0.2, 0.25) is 0 Å². The van der Waals surface area contributed by atoms with Crippen LogP contribution >= 0.6 is 12.4 Å². The van der Waals surface area contributed by atoms with Gasteiger partial charge in [-0.15, -0.1) is 12.4 Å². The van der Waals surface area contributed by atoms with Gasteiger partial charge in [0.25, 0.3) is 5.91 Å². The molecule has 2 aliphatic rings. The number of fused-ring (bicyclic) bond motifs is 1. The predicted molar refractivity (Wildman–Crippen MR) is 109 cm³/mol. The highest BCUT2D eigenvalue weighted by Gasteiger charge is 2.42. The summed E-state index contributed by atoms with van der Waals surface area (Å²) in [5.41, 5.74) is 0.534. The number of halogens is 1. The Labute approximate surface area is 171 Å². The van der Waals surface area contributed by atoms with Crippen molar-refractivity contribution >= 4 is 18.3 Å². The van der Waals surface area contributed by atoms with Crippen molar-refractivity contribution in [2.75, 3.05) is 33.3 Å². The second kappa shape index (κ2) is 9.03. The van der Waals surface area contributed by atoms with Gasteiger partial charge in [0, 0.05) is 33.0 Å². The van der Waals surface area contributed by atoms with Gasteiger partial charge in [-0.05, 0) is 31.5 Å². The summed E-state index contributed by atoms with van der Waals surface area (Å²) in [6.45, 7) is 3.64. The van der Waals surface area contributed by atoms with Crippen molar-refractivity contribution < 1.29 is 9.53 Å². The molecule has 2 aliphatic heterocycles. The molecule has 0 bridgehead atoms. The Morgan fingerprint density at radius 2 is 1.93 bits per heavy atom. The van der Waals surface area contributed by atoms with E-state index in [0.717, 1.165) is 50.4 Å². The van der Waals surface area contributed by atoms with E-state index in [2.05, 4.69) is 22.5 Å². The largest absolute Gasteiger partial charge is 0.368 e. The molecule has 0 saturated carbocycles. The summed E-state index contributed by atoms with van der Waals surface area (Å²) in [5, 5.41) is 7.98. The fourth-order valence-electron chi connectivity index (χ4n) is 4.03. The summed E-state index contributed by atoms with van der Waals surface area (Å²) in [4.78, 5) is 19.8. The molecule has 3 heterocycles. The second-order valence-electron chi connectivity index (χ2n) is 7.32. The lowest BCUT2D eigenvalue weighted by Gasteiger charge is -2.38. The molecule has 0 radical (unpaired) electrons. The van der Waals surface area contributed by atoms with Gasteiger partial charge in [0.15, 0.2) is 5.82 Å². The summed E-state index contributed by atoms with van der Waals surface area (Å²) in [6.07, 6.45) is 2.92. The molecular weight excluding hydrogens is 378 g/mol. The molecular formula is C20H28ClN5O2. The first kappa shape index (κ1) is 20.8. The van der Waals surface area contributed by atoms with Crippen LogP contribution in [0.3, 0.4) is 0 Å². The summed E-state index contributed by atoms with van der Waals surface area (Å²) in [6, 6.07) is 10.3. The first-order valence-corrected chi connectivity index (χ1v) is 9.72. The summed E-state index contributed by atoms with van der Waals surface area (Å²) in [5.74, 6) is 1.93. The van der Waals surface area contributed by atoms with Crippen LogP contribution in [-0.4, -0.2) is 64.5 Å². The monoisotopic (exact) mass is 405 g/mol. The maximum Gasteiger partial charge on any atom is 0.254 e. The van der Waals surface area contributed by atoms with Crippen LogP contribution in [0.5, 0.6) is 0 Å². The molecule has 1 aromatic carbocycles. The van der Waals surface area contributed by atoms with Crippen molar-refractivity contribution in [3.8, 4) is 0 Å². The average Bonchev–Trinajstić information content (AvgIpc) is 2.99. The molecule has 7 nitrogen and oxygen atoms in total. The van der Waals surface area contributed by atoms with E-state index in [1.165, 1.54) is 5.56 Å². The van der Waals surface area contributed by atoms with Gasteiger partial charge in [-0.1, -0.05) is 30.3 Å². The molecule has 2 aromatic rings. The maximum absolute atomic E-state index is 13.2. The molecule has 28 heavy (non-hydrogen) atoms. The molecule has 1 aromatic heterocycles. The number of piperidine rings is 1. The van der Waals surface area contributed by atoms with Crippen molar-refractivity contribution in [2.45, 2.75) is 37.8 Å². The third-order valence-corrected chi connectivity index (χ3v) is 5.66. The van der Waals surface area contributed by atoms with E-state index in [4.69, 9.17) is 9.72 Å². The number of rotatable bonds is 4. The summed E-state index contributed by atoms with van der Waals surface area (Å²) in [7, 11) is 1.66. The fraction of sp³-hybridized carbons (Fsp3) is 0.550. The highest BCUT2D eigenvalue weighted by Crippen LogP contribution is 2.26. The first-order chi connectivity index (χ1) is 13.2. The number of hydrogen-bond donors (Lipinski definition) is 1. The van der Waals surface area contributed by atoms with Crippen LogP contribution in [0.25, 0.3) is 0 Å². The van der Waals surface area contributed by atoms with Gasteiger partial charge in [-0.2, -0.15) is 5.10 Å². The quantitative estimate of drug-likeness (QED) is 0.833. The van der Waals surface area contributed by atoms with E-state index in [1.54, 1.807) is 7.11 Å². The van der Waals surface area contributed by atoms with Crippen LogP contribution in [0, 0.1) is 0 Å². The number of carbonyl (C=O) groups excluding carboxylic acids is 1. The SMILES string of the molecule is COC1(C(=O)N2CCc3nc(Cc4ccccc4)nn3CC2)CCNCC1.Cl. The Balaban J connectivity index is 0.00000225. The van der Waals surface area contributed by atoms with E-state index in [9.17, 15) is 4.79 Å². The number of methoxy groups -OCH3 is 1. The van der Waals surface area contributed by atoms with E-state index in [1.807, 2.05) is 27.8 Å². The number of benzene rings is 1. The molecule has 1 amide bonds. The van der Waals surface area contributed by atoms with Gasteiger partial charge in [0.05, 0.1) is 6.54 Å². The Morgan fingerprint density at radius 1 is 1.18 bits per heavy atom. The zero-order valence-electron chi connectivity index (χ0n) is 16.3. The molecule has 1 fully saturated rings. The van der Waals surface area contributed by atoms with Crippen LogP contribution < -0.4 is 5.32 Å². The van der Waals surface area contributed by atoms with Crippen molar-refractivity contribution in [3.05, 3.63) is 47.5 Å². The predicted octanol–water partition coefficient (Wildman–Crippen LogP) is 1.44. The lowest BCUT2D eigenvalue weighted by molar-refractivity contribution is -0.158. The third-order valence-electron chi connectivity index (χ3n) is 5.66. The number of aromatic nitrogens is 3. The average molecular weight is 406 g/mol. The minimum atomic E-state index is -0.677. The smallest absolute Gasteiger partial charge is 0.254 e. The molecule has 8 heteroatoms. The molecule has 1 N–H and O–H groups in total. The number of nitrogens with one attached hydrogen (secondary N) is 1. The van der Waals surface area contributed by atoms with Crippen LogP contribution in [0.4, 0.5) is 0 Å². The molecule has 0 spiro atoms. The highest BCUT2D eigenvalue weighted by molar-refractivity contribution is 5.85. The van der Waals surface area contributed by atoms with Crippen LogP contribution in [0.1, 0.15) is 30.1 Å². The van der Waals surface area contributed by atoms with Crippen LogP contribution in [0.15, 0.2) is 30.3 Å². The van der Waals surface area contributed by atoms with E-state index in [0.29, 0.717) is 19.6 Å². The zero-order chi connectivity index (χ0) is 18.7. The second-order valence-corrected chi connectivity index (χ2v) is 7.32. The first-order valence-electron chi connectivity index (χ1n) is 9.72. The number of nitrogens with zero attached hydrogens (tertiary/aromatic N) is 4. The number of hydrogen-bond acceptors (Lipinski definition) is 5. The van der Waals surface area contributed by atoms with Crippen molar-refractivity contribution in [2.24, 2.45) is 0 Å². The molecule has 0 aliphatic carbocycles. The van der Waals surface area contributed by atoms with Crippen LogP contribution in [-0.2, 0) is 28.9 Å². The molecule has 0 atom stereocenters. The van der Waals surface area contributed by atoms with Gasteiger partial charge in [-0.3, -0.25) is 4.79 Å². The van der Waals surface area contributed by atoms with Gasteiger partial charge in [0.1, 0.15) is 11.4 Å². The Morgan fingerprint density at radius 3 is 2.64 bits per heavy atom. The molecule has 152 valence electrons. The Bertz CT molecular complexity index is 764. The summed E-state index contributed by atoms with van der Waals surface area (Å²) >= 11 is 0.